The number of esters is 1. The lowest BCUT2D eigenvalue weighted by molar-refractivity contribution is -0.151. The summed E-state index contributed by atoms with van der Waals surface area (Å²) in [6, 6.07) is 7.36. The van der Waals surface area contributed by atoms with Gasteiger partial charge in [-0.3, -0.25) is 9.59 Å². The smallest absolute Gasteiger partial charge is 0.314 e. The van der Waals surface area contributed by atoms with Gasteiger partial charge in [0.1, 0.15) is 0 Å². The Labute approximate surface area is 161 Å². The number of carbonyl (C=O) groups excluding carboxylic acids is 2. The van der Waals surface area contributed by atoms with Crippen molar-refractivity contribution in [3.63, 3.8) is 0 Å². The standard InChI is InChI=1S/C21H30ClNO3/c1-13(2)20(16-8-10-17(22)11-9-16)21(25)26-12-19(24)23-18-7-5-6-14(3)15(18)4/h8-11,13-15,18,20H,5-7,12H2,1-4H3,(H,23,24)/t14-,15-,18+,20+/m1/s1. The molecule has 1 aliphatic carbocycles. The summed E-state index contributed by atoms with van der Waals surface area (Å²) in [5.41, 5.74) is 0.851. The van der Waals surface area contributed by atoms with Gasteiger partial charge in [-0.1, -0.05) is 64.3 Å². The van der Waals surface area contributed by atoms with Gasteiger partial charge in [0.2, 0.25) is 0 Å². The van der Waals surface area contributed by atoms with E-state index in [4.69, 9.17) is 16.3 Å². The molecule has 5 heteroatoms. The van der Waals surface area contributed by atoms with Crippen molar-refractivity contribution in [3.05, 3.63) is 34.9 Å². The first kappa shape index (κ1) is 20.8. The van der Waals surface area contributed by atoms with Crippen LogP contribution >= 0.6 is 11.6 Å². The second-order valence-corrected chi connectivity index (χ2v) is 8.26. The minimum Gasteiger partial charge on any atom is -0.455 e. The van der Waals surface area contributed by atoms with Crippen molar-refractivity contribution in [1.82, 2.24) is 5.32 Å². The van der Waals surface area contributed by atoms with Gasteiger partial charge >= 0.3 is 5.97 Å². The summed E-state index contributed by atoms with van der Waals surface area (Å²) in [4.78, 5) is 24.8. The molecule has 1 amide bonds. The Morgan fingerprint density at radius 2 is 1.85 bits per heavy atom. The number of hydrogen-bond donors (Lipinski definition) is 1. The Morgan fingerprint density at radius 3 is 2.46 bits per heavy atom. The fourth-order valence-corrected chi connectivity index (χ4v) is 3.85. The van der Waals surface area contributed by atoms with Crippen LogP contribution in [0, 0.1) is 17.8 Å². The highest BCUT2D eigenvalue weighted by atomic mass is 35.5. The van der Waals surface area contributed by atoms with Crippen molar-refractivity contribution in [2.24, 2.45) is 17.8 Å². The number of rotatable bonds is 6. The normalized spacial score (nSPS) is 24.2. The Kier molecular flexibility index (Phi) is 7.51. The average molecular weight is 380 g/mol. The molecule has 1 N–H and O–H groups in total. The summed E-state index contributed by atoms with van der Waals surface area (Å²) in [6.07, 6.45) is 3.33. The molecule has 1 aromatic rings. The van der Waals surface area contributed by atoms with Crippen LogP contribution in [0.5, 0.6) is 0 Å². The number of halogens is 1. The third-order valence-corrected chi connectivity index (χ3v) is 5.80. The maximum atomic E-state index is 12.5. The second-order valence-electron chi connectivity index (χ2n) is 7.82. The highest BCUT2D eigenvalue weighted by Gasteiger charge is 2.29. The van der Waals surface area contributed by atoms with Crippen molar-refractivity contribution in [2.75, 3.05) is 6.61 Å². The van der Waals surface area contributed by atoms with Crippen LogP contribution in [0.15, 0.2) is 24.3 Å². The third kappa shape index (κ3) is 5.47. The molecule has 1 aliphatic rings. The van der Waals surface area contributed by atoms with E-state index in [1.165, 1.54) is 6.42 Å². The topological polar surface area (TPSA) is 55.4 Å². The van der Waals surface area contributed by atoms with E-state index >= 15 is 0 Å². The maximum Gasteiger partial charge on any atom is 0.314 e. The summed E-state index contributed by atoms with van der Waals surface area (Å²) in [5, 5.41) is 3.66. The number of carbonyl (C=O) groups is 2. The Balaban J connectivity index is 1.91. The van der Waals surface area contributed by atoms with E-state index in [0.29, 0.717) is 16.9 Å². The lowest BCUT2D eigenvalue weighted by Gasteiger charge is -2.34. The summed E-state index contributed by atoms with van der Waals surface area (Å²) in [6.45, 7) is 8.10. The van der Waals surface area contributed by atoms with Crippen molar-refractivity contribution < 1.29 is 14.3 Å². The summed E-state index contributed by atoms with van der Waals surface area (Å²) in [5.74, 6) is 0.109. The van der Waals surface area contributed by atoms with Crippen LogP contribution in [0.1, 0.15) is 58.4 Å². The van der Waals surface area contributed by atoms with E-state index in [0.717, 1.165) is 18.4 Å². The first-order chi connectivity index (χ1) is 12.3. The Hall–Kier alpha value is -1.55. The first-order valence-electron chi connectivity index (χ1n) is 9.51. The maximum absolute atomic E-state index is 12.5. The molecule has 4 nitrogen and oxygen atoms in total. The molecule has 0 spiro atoms. The van der Waals surface area contributed by atoms with Gasteiger partial charge in [0.15, 0.2) is 6.61 Å². The van der Waals surface area contributed by atoms with Crippen LogP contribution in [-0.2, 0) is 14.3 Å². The molecule has 4 atom stereocenters. The molecule has 1 fully saturated rings. The third-order valence-electron chi connectivity index (χ3n) is 5.55. The molecule has 26 heavy (non-hydrogen) atoms. The van der Waals surface area contributed by atoms with Crippen LogP contribution in [0.3, 0.4) is 0 Å². The zero-order valence-corrected chi connectivity index (χ0v) is 16.9. The van der Waals surface area contributed by atoms with E-state index in [-0.39, 0.29) is 30.4 Å². The van der Waals surface area contributed by atoms with Crippen molar-refractivity contribution in [2.45, 2.75) is 58.9 Å². The van der Waals surface area contributed by atoms with Crippen LogP contribution in [-0.4, -0.2) is 24.5 Å². The summed E-state index contributed by atoms with van der Waals surface area (Å²) < 4.78 is 5.33. The predicted molar refractivity (Wildman–Crippen MR) is 104 cm³/mol. The number of nitrogens with one attached hydrogen (secondary N) is 1. The summed E-state index contributed by atoms with van der Waals surface area (Å²) in [7, 11) is 0. The fourth-order valence-electron chi connectivity index (χ4n) is 3.72. The van der Waals surface area contributed by atoms with Crippen LogP contribution in [0.2, 0.25) is 5.02 Å². The van der Waals surface area contributed by atoms with Crippen LogP contribution < -0.4 is 5.32 Å². The van der Waals surface area contributed by atoms with Crippen molar-refractivity contribution in [3.8, 4) is 0 Å². The lowest BCUT2D eigenvalue weighted by Crippen LogP contribution is -2.45. The molecule has 0 saturated heterocycles. The van der Waals surface area contributed by atoms with Crippen LogP contribution in [0.4, 0.5) is 0 Å². The fraction of sp³-hybridized carbons (Fsp3) is 0.619. The number of amides is 1. The average Bonchev–Trinajstić information content (AvgIpc) is 2.59. The van der Waals surface area contributed by atoms with Gasteiger partial charge in [-0.05, 0) is 41.9 Å². The lowest BCUT2D eigenvalue weighted by atomic mass is 9.78. The molecule has 0 aromatic heterocycles. The van der Waals surface area contributed by atoms with Gasteiger partial charge in [0.25, 0.3) is 5.91 Å². The molecular weight excluding hydrogens is 350 g/mol. The predicted octanol–water partition coefficient (Wildman–Crippen LogP) is 4.56. The molecule has 0 bridgehead atoms. The van der Waals surface area contributed by atoms with Gasteiger partial charge < -0.3 is 10.1 Å². The highest BCUT2D eigenvalue weighted by Crippen LogP contribution is 2.30. The molecular formula is C21H30ClNO3. The molecule has 0 aliphatic heterocycles. The molecule has 144 valence electrons. The number of ether oxygens (including phenoxy) is 1. The molecule has 0 heterocycles. The minimum atomic E-state index is -0.409. The number of hydrogen-bond acceptors (Lipinski definition) is 3. The van der Waals surface area contributed by atoms with E-state index in [2.05, 4.69) is 19.2 Å². The van der Waals surface area contributed by atoms with Gasteiger partial charge in [0.05, 0.1) is 5.92 Å². The SMILES string of the molecule is CC(C)[C@H](C(=O)OCC(=O)N[C@H]1CCC[C@@H](C)[C@H]1C)c1ccc(Cl)cc1. The van der Waals surface area contributed by atoms with E-state index in [9.17, 15) is 9.59 Å². The second kappa shape index (κ2) is 9.40. The van der Waals surface area contributed by atoms with E-state index in [1.54, 1.807) is 12.1 Å². The quantitative estimate of drug-likeness (QED) is 0.737. The van der Waals surface area contributed by atoms with Crippen LogP contribution in [0.25, 0.3) is 0 Å². The van der Waals surface area contributed by atoms with Crippen molar-refractivity contribution in [1.29, 1.82) is 0 Å². The number of benzene rings is 1. The monoisotopic (exact) mass is 379 g/mol. The van der Waals surface area contributed by atoms with Gasteiger partial charge in [-0.2, -0.15) is 0 Å². The zero-order chi connectivity index (χ0) is 19.3. The molecule has 1 aromatic carbocycles. The summed E-state index contributed by atoms with van der Waals surface area (Å²) >= 11 is 5.92. The van der Waals surface area contributed by atoms with Gasteiger partial charge in [0, 0.05) is 11.1 Å². The first-order valence-corrected chi connectivity index (χ1v) is 9.88. The molecule has 0 radical (unpaired) electrons. The van der Waals surface area contributed by atoms with Gasteiger partial charge in [-0.25, -0.2) is 0 Å². The Bertz CT molecular complexity index is 614. The highest BCUT2D eigenvalue weighted by molar-refractivity contribution is 6.30. The zero-order valence-electron chi connectivity index (χ0n) is 16.1. The molecule has 1 saturated carbocycles. The largest absolute Gasteiger partial charge is 0.455 e. The van der Waals surface area contributed by atoms with E-state index < -0.39 is 5.92 Å². The van der Waals surface area contributed by atoms with Crippen molar-refractivity contribution >= 4 is 23.5 Å². The molecule has 2 rings (SSSR count). The van der Waals surface area contributed by atoms with E-state index in [1.807, 2.05) is 26.0 Å². The minimum absolute atomic E-state index is 0.0611. The van der Waals surface area contributed by atoms with Gasteiger partial charge in [-0.15, -0.1) is 0 Å². The molecule has 0 unspecified atom stereocenters. The Morgan fingerprint density at radius 1 is 1.19 bits per heavy atom.